The fourth-order valence-corrected chi connectivity index (χ4v) is 1.67. The molecule has 0 heterocycles. The molecule has 0 saturated heterocycles. The Bertz CT molecular complexity index is 266. The van der Waals surface area contributed by atoms with Crippen LogP contribution in [0.4, 0.5) is 0 Å². The topological polar surface area (TPSA) is 9.23 Å². The standard InChI is InChI=1S/C13H20O.C4H10.C3H8/c1-3-7-13(14-2)11-10-12-8-5-4-6-9-12;1-3-4-2;1-3-2/h4-6,8-9,13H,3,7,10-11H2,1-2H3;3-4H2,1-2H3;3H2,1-2H3. The molecule has 0 aromatic heterocycles. The number of methoxy groups -OCH3 is 1. The van der Waals surface area contributed by atoms with Crippen molar-refractivity contribution < 1.29 is 4.74 Å². The van der Waals surface area contributed by atoms with Crippen LogP contribution in [0.5, 0.6) is 0 Å². The predicted molar refractivity (Wildman–Crippen MR) is 97.0 cm³/mol. The summed E-state index contributed by atoms with van der Waals surface area (Å²) >= 11 is 0. The van der Waals surface area contributed by atoms with Crippen LogP contribution in [0.2, 0.25) is 0 Å². The molecule has 1 atom stereocenters. The Morgan fingerprint density at radius 2 is 1.33 bits per heavy atom. The van der Waals surface area contributed by atoms with Crippen LogP contribution in [-0.4, -0.2) is 13.2 Å². The van der Waals surface area contributed by atoms with Crippen molar-refractivity contribution in [3.05, 3.63) is 35.9 Å². The zero-order valence-corrected chi connectivity index (χ0v) is 15.3. The van der Waals surface area contributed by atoms with Crippen molar-refractivity contribution >= 4 is 0 Å². The van der Waals surface area contributed by atoms with Crippen LogP contribution >= 0.6 is 0 Å². The van der Waals surface area contributed by atoms with E-state index < -0.39 is 0 Å². The molecule has 0 saturated carbocycles. The van der Waals surface area contributed by atoms with E-state index in [4.69, 9.17) is 4.74 Å². The molecule has 1 aromatic carbocycles. The molecule has 1 unspecified atom stereocenters. The third kappa shape index (κ3) is 17.1. The largest absolute Gasteiger partial charge is 0.381 e. The van der Waals surface area contributed by atoms with Gasteiger partial charge in [0.25, 0.3) is 0 Å². The van der Waals surface area contributed by atoms with Gasteiger partial charge < -0.3 is 4.74 Å². The van der Waals surface area contributed by atoms with E-state index in [1.54, 1.807) is 0 Å². The van der Waals surface area contributed by atoms with Crippen LogP contribution < -0.4 is 0 Å². The predicted octanol–water partition coefficient (Wildman–Crippen LogP) is 6.66. The maximum absolute atomic E-state index is 5.41. The highest BCUT2D eigenvalue weighted by Crippen LogP contribution is 2.10. The van der Waals surface area contributed by atoms with Gasteiger partial charge in [0.1, 0.15) is 0 Å². The van der Waals surface area contributed by atoms with Gasteiger partial charge in [-0.1, -0.05) is 90.6 Å². The summed E-state index contributed by atoms with van der Waals surface area (Å²) in [6.45, 7) is 10.8. The highest BCUT2D eigenvalue weighted by Gasteiger charge is 2.05. The summed E-state index contributed by atoms with van der Waals surface area (Å²) in [6.07, 6.45) is 8.95. The van der Waals surface area contributed by atoms with Crippen LogP contribution in [-0.2, 0) is 11.2 Å². The number of benzene rings is 1. The van der Waals surface area contributed by atoms with Crippen molar-refractivity contribution in [2.75, 3.05) is 7.11 Å². The molecule has 1 aromatic rings. The minimum absolute atomic E-state index is 0.431. The lowest BCUT2D eigenvalue weighted by Gasteiger charge is -2.13. The third-order valence-electron chi connectivity index (χ3n) is 3.04. The average Bonchev–Trinajstić information content (AvgIpc) is 2.53. The van der Waals surface area contributed by atoms with E-state index in [0.717, 1.165) is 12.8 Å². The molecule has 0 bridgehead atoms. The lowest BCUT2D eigenvalue weighted by atomic mass is 10.0. The van der Waals surface area contributed by atoms with Gasteiger partial charge in [-0.25, -0.2) is 0 Å². The molecule has 0 aliphatic heterocycles. The van der Waals surface area contributed by atoms with Crippen LogP contribution in [0, 0.1) is 0 Å². The molecule has 21 heavy (non-hydrogen) atoms. The summed E-state index contributed by atoms with van der Waals surface area (Å²) in [7, 11) is 1.81. The Morgan fingerprint density at radius 3 is 1.71 bits per heavy atom. The third-order valence-corrected chi connectivity index (χ3v) is 3.04. The first-order valence-corrected chi connectivity index (χ1v) is 8.76. The SMILES string of the molecule is CCC.CCCC.CCCC(CCc1ccccc1)OC. The van der Waals surface area contributed by atoms with Gasteiger partial charge in [0.15, 0.2) is 0 Å². The van der Waals surface area contributed by atoms with Crippen molar-refractivity contribution in [1.29, 1.82) is 0 Å². The van der Waals surface area contributed by atoms with Crippen LogP contribution in [0.1, 0.15) is 78.7 Å². The number of hydrogen-bond acceptors (Lipinski definition) is 1. The van der Waals surface area contributed by atoms with E-state index >= 15 is 0 Å². The van der Waals surface area contributed by atoms with Crippen molar-refractivity contribution in [3.8, 4) is 0 Å². The summed E-state index contributed by atoms with van der Waals surface area (Å²) in [5, 5.41) is 0. The molecule has 0 spiro atoms. The zero-order chi connectivity index (χ0) is 16.3. The van der Waals surface area contributed by atoms with Gasteiger partial charge >= 0.3 is 0 Å². The van der Waals surface area contributed by atoms with Gasteiger partial charge in [0.05, 0.1) is 6.10 Å². The van der Waals surface area contributed by atoms with Gasteiger partial charge in [0, 0.05) is 7.11 Å². The molecular weight excluding hydrogens is 256 g/mol. The Labute approximate surface area is 134 Å². The van der Waals surface area contributed by atoms with Crippen molar-refractivity contribution in [1.82, 2.24) is 0 Å². The summed E-state index contributed by atoms with van der Waals surface area (Å²) in [4.78, 5) is 0. The van der Waals surface area contributed by atoms with Crippen molar-refractivity contribution in [2.45, 2.75) is 85.7 Å². The highest BCUT2D eigenvalue weighted by atomic mass is 16.5. The maximum Gasteiger partial charge on any atom is 0.0574 e. The Hall–Kier alpha value is -0.820. The molecule has 0 aliphatic rings. The lowest BCUT2D eigenvalue weighted by molar-refractivity contribution is 0.0876. The summed E-state index contributed by atoms with van der Waals surface area (Å²) < 4.78 is 5.41. The number of aryl methyl sites for hydroxylation is 1. The molecule has 0 radical (unpaired) electrons. The van der Waals surface area contributed by atoms with Crippen LogP contribution in [0.25, 0.3) is 0 Å². The minimum atomic E-state index is 0.431. The molecule has 124 valence electrons. The van der Waals surface area contributed by atoms with Gasteiger partial charge in [-0.2, -0.15) is 0 Å². The van der Waals surface area contributed by atoms with Gasteiger partial charge in [-0.3, -0.25) is 0 Å². The fourth-order valence-electron chi connectivity index (χ4n) is 1.67. The molecular formula is C20H38O. The molecule has 0 amide bonds. The Balaban J connectivity index is 0. The number of rotatable bonds is 7. The van der Waals surface area contributed by atoms with E-state index in [9.17, 15) is 0 Å². The first-order chi connectivity index (χ1) is 10.2. The molecule has 1 rings (SSSR count). The lowest BCUT2D eigenvalue weighted by Crippen LogP contribution is -2.11. The first-order valence-electron chi connectivity index (χ1n) is 8.76. The normalized spacial score (nSPS) is 10.8. The second kappa shape index (κ2) is 19.2. The van der Waals surface area contributed by atoms with Gasteiger partial charge in [-0.05, 0) is 24.8 Å². The molecule has 0 N–H and O–H groups in total. The highest BCUT2D eigenvalue weighted by molar-refractivity contribution is 5.14. The van der Waals surface area contributed by atoms with Gasteiger partial charge in [0.2, 0.25) is 0 Å². The zero-order valence-electron chi connectivity index (χ0n) is 15.3. The average molecular weight is 295 g/mol. The quantitative estimate of drug-likeness (QED) is 0.546. The first kappa shape index (κ1) is 22.5. The minimum Gasteiger partial charge on any atom is -0.381 e. The summed E-state index contributed by atoms with van der Waals surface area (Å²) in [6, 6.07) is 10.6. The summed E-state index contributed by atoms with van der Waals surface area (Å²) in [5.74, 6) is 0. The van der Waals surface area contributed by atoms with E-state index in [1.807, 2.05) is 7.11 Å². The van der Waals surface area contributed by atoms with Gasteiger partial charge in [-0.15, -0.1) is 0 Å². The number of ether oxygens (including phenoxy) is 1. The monoisotopic (exact) mass is 294 g/mol. The van der Waals surface area contributed by atoms with E-state index in [-0.39, 0.29) is 0 Å². The van der Waals surface area contributed by atoms with Crippen molar-refractivity contribution in [3.63, 3.8) is 0 Å². The molecule has 1 nitrogen and oxygen atoms in total. The van der Waals surface area contributed by atoms with Crippen molar-refractivity contribution in [2.24, 2.45) is 0 Å². The summed E-state index contributed by atoms with van der Waals surface area (Å²) in [5.41, 5.74) is 1.41. The van der Waals surface area contributed by atoms with E-state index in [2.05, 4.69) is 65.0 Å². The molecule has 1 heteroatoms. The second-order valence-electron chi connectivity index (χ2n) is 5.38. The number of unbranched alkanes of at least 4 members (excludes halogenated alkanes) is 1. The second-order valence-corrected chi connectivity index (χ2v) is 5.38. The molecule has 0 aliphatic carbocycles. The van der Waals surface area contributed by atoms with Crippen LogP contribution in [0.15, 0.2) is 30.3 Å². The fraction of sp³-hybridized carbons (Fsp3) is 0.700. The maximum atomic E-state index is 5.41. The Kier molecular flexibility index (Phi) is 20.5. The smallest absolute Gasteiger partial charge is 0.0574 e. The number of hydrogen-bond donors (Lipinski definition) is 0. The Morgan fingerprint density at radius 1 is 0.810 bits per heavy atom. The van der Waals surface area contributed by atoms with E-state index in [0.29, 0.717) is 6.10 Å². The van der Waals surface area contributed by atoms with E-state index in [1.165, 1.54) is 37.7 Å². The molecule has 0 fully saturated rings. The van der Waals surface area contributed by atoms with Crippen LogP contribution in [0.3, 0.4) is 0 Å².